The molecular weight excluding hydrogens is 342 g/mol. The third-order valence-electron chi connectivity index (χ3n) is 1.90. The van der Waals surface area contributed by atoms with Crippen LogP contribution in [0.3, 0.4) is 0 Å². The van der Waals surface area contributed by atoms with Gasteiger partial charge in [0.05, 0.1) is 11.5 Å². The fourth-order valence-corrected chi connectivity index (χ4v) is 1.57. The van der Waals surface area contributed by atoms with E-state index in [1.165, 1.54) is 6.07 Å². The lowest BCUT2D eigenvalue weighted by Gasteiger charge is -2.10. The minimum Gasteiger partial charge on any atom is -0.486 e. The molecule has 0 bridgehead atoms. The number of rotatable bonds is 5. The largest absolute Gasteiger partial charge is 0.486 e. The van der Waals surface area contributed by atoms with E-state index in [0.717, 1.165) is 5.33 Å². The average Bonchev–Trinajstić information content (AvgIpc) is 2.26. The Labute approximate surface area is 110 Å². The topological polar surface area (TPSA) is 52.4 Å². The van der Waals surface area contributed by atoms with E-state index < -0.39 is 4.92 Å². The molecule has 0 heterocycles. The molecule has 0 saturated heterocycles. The SMILES string of the molecule is CC(CBr)COc1ccc(Br)cc1[N+](=O)[O-]. The van der Waals surface area contributed by atoms with Crippen LogP contribution in [0.15, 0.2) is 22.7 Å². The van der Waals surface area contributed by atoms with Crippen LogP contribution in [0.1, 0.15) is 6.92 Å². The molecule has 1 atom stereocenters. The number of benzene rings is 1. The zero-order chi connectivity index (χ0) is 12.1. The van der Waals surface area contributed by atoms with Crippen molar-refractivity contribution in [2.45, 2.75) is 6.92 Å². The average molecular weight is 353 g/mol. The van der Waals surface area contributed by atoms with Gasteiger partial charge in [-0.05, 0) is 18.1 Å². The van der Waals surface area contributed by atoms with Gasteiger partial charge < -0.3 is 4.74 Å². The number of nitro benzene ring substituents is 1. The predicted octanol–water partition coefficient (Wildman–Crippen LogP) is 3.77. The van der Waals surface area contributed by atoms with Crippen molar-refractivity contribution in [2.75, 3.05) is 11.9 Å². The molecule has 0 aliphatic rings. The van der Waals surface area contributed by atoms with Crippen LogP contribution >= 0.6 is 31.9 Å². The predicted molar refractivity (Wildman–Crippen MR) is 69.2 cm³/mol. The lowest BCUT2D eigenvalue weighted by atomic mass is 10.2. The number of hydrogen-bond acceptors (Lipinski definition) is 3. The smallest absolute Gasteiger partial charge is 0.312 e. The van der Waals surface area contributed by atoms with Gasteiger partial charge in [-0.3, -0.25) is 10.1 Å². The summed E-state index contributed by atoms with van der Waals surface area (Å²) in [6, 6.07) is 4.76. The van der Waals surface area contributed by atoms with E-state index in [4.69, 9.17) is 4.74 Å². The molecule has 6 heteroatoms. The number of halogens is 2. The molecule has 0 fully saturated rings. The van der Waals surface area contributed by atoms with Gasteiger partial charge in [0.1, 0.15) is 0 Å². The van der Waals surface area contributed by atoms with Crippen molar-refractivity contribution in [2.24, 2.45) is 5.92 Å². The first-order valence-corrected chi connectivity index (χ1v) is 6.58. The molecule has 4 nitrogen and oxygen atoms in total. The number of nitrogens with zero attached hydrogens (tertiary/aromatic N) is 1. The van der Waals surface area contributed by atoms with Crippen LogP contribution in [0.2, 0.25) is 0 Å². The first-order valence-electron chi connectivity index (χ1n) is 4.67. The second-order valence-corrected chi connectivity index (χ2v) is 5.00. The fourth-order valence-electron chi connectivity index (χ4n) is 1.03. The van der Waals surface area contributed by atoms with Crippen molar-refractivity contribution in [1.82, 2.24) is 0 Å². The van der Waals surface area contributed by atoms with E-state index in [-0.39, 0.29) is 5.69 Å². The zero-order valence-corrected chi connectivity index (χ0v) is 11.8. The van der Waals surface area contributed by atoms with Gasteiger partial charge in [0, 0.05) is 15.9 Å². The summed E-state index contributed by atoms with van der Waals surface area (Å²) in [6.07, 6.45) is 0. The van der Waals surface area contributed by atoms with Crippen molar-refractivity contribution in [3.63, 3.8) is 0 Å². The number of alkyl halides is 1. The van der Waals surface area contributed by atoms with Gasteiger partial charge in [0.15, 0.2) is 5.75 Å². The van der Waals surface area contributed by atoms with Crippen LogP contribution in [-0.2, 0) is 0 Å². The second-order valence-electron chi connectivity index (χ2n) is 3.44. The van der Waals surface area contributed by atoms with Crippen LogP contribution < -0.4 is 4.74 Å². The zero-order valence-electron chi connectivity index (χ0n) is 8.65. The highest BCUT2D eigenvalue weighted by atomic mass is 79.9. The third-order valence-corrected chi connectivity index (χ3v) is 3.50. The van der Waals surface area contributed by atoms with Crippen LogP contribution in [0.4, 0.5) is 5.69 Å². The highest BCUT2D eigenvalue weighted by Crippen LogP contribution is 2.30. The summed E-state index contributed by atoms with van der Waals surface area (Å²) in [5.74, 6) is 0.615. The quantitative estimate of drug-likeness (QED) is 0.460. The molecule has 0 spiro atoms. The van der Waals surface area contributed by atoms with Crippen molar-refractivity contribution in [3.8, 4) is 5.75 Å². The number of nitro groups is 1. The molecule has 0 saturated carbocycles. The van der Waals surface area contributed by atoms with E-state index in [1.54, 1.807) is 12.1 Å². The van der Waals surface area contributed by atoms with Gasteiger partial charge in [-0.1, -0.05) is 38.8 Å². The van der Waals surface area contributed by atoms with Crippen LogP contribution in [0.5, 0.6) is 5.75 Å². The van der Waals surface area contributed by atoms with Gasteiger partial charge in [0.2, 0.25) is 0 Å². The van der Waals surface area contributed by atoms with Crippen molar-refractivity contribution >= 4 is 37.5 Å². The monoisotopic (exact) mass is 351 g/mol. The first kappa shape index (κ1) is 13.4. The molecule has 1 aromatic carbocycles. The van der Waals surface area contributed by atoms with Gasteiger partial charge in [0.25, 0.3) is 0 Å². The van der Waals surface area contributed by atoms with Gasteiger partial charge in [-0.15, -0.1) is 0 Å². The van der Waals surface area contributed by atoms with Crippen LogP contribution in [0.25, 0.3) is 0 Å². The molecule has 0 N–H and O–H groups in total. The fraction of sp³-hybridized carbons (Fsp3) is 0.400. The summed E-state index contributed by atoms with van der Waals surface area (Å²) in [4.78, 5) is 10.3. The maximum Gasteiger partial charge on any atom is 0.312 e. The highest BCUT2D eigenvalue weighted by Gasteiger charge is 2.16. The lowest BCUT2D eigenvalue weighted by Crippen LogP contribution is -2.10. The normalized spacial score (nSPS) is 12.2. The maximum atomic E-state index is 10.8. The minimum absolute atomic E-state index is 0.0175. The van der Waals surface area contributed by atoms with E-state index in [2.05, 4.69) is 31.9 Å². The Morgan fingerprint density at radius 2 is 2.25 bits per heavy atom. The number of ether oxygens (including phenoxy) is 1. The van der Waals surface area contributed by atoms with E-state index in [0.29, 0.717) is 22.7 Å². The summed E-state index contributed by atoms with van der Waals surface area (Å²) in [5.41, 5.74) is -0.0175. The summed E-state index contributed by atoms with van der Waals surface area (Å²) in [7, 11) is 0. The van der Waals surface area contributed by atoms with Gasteiger partial charge in [-0.25, -0.2) is 0 Å². The molecule has 0 radical (unpaired) electrons. The Morgan fingerprint density at radius 1 is 1.56 bits per heavy atom. The summed E-state index contributed by atoms with van der Waals surface area (Å²) in [5, 5.41) is 11.6. The Kier molecular flexibility index (Phi) is 5.21. The lowest BCUT2D eigenvalue weighted by molar-refractivity contribution is -0.386. The molecule has 0 aliphatic heterocycles. The summed E-state index contributed by atoms with van der Waals surface area (Å²) >= 11 is 6.52. The molecule has 16 heavy (non-hydrogen) atoms. The summed E-state index contributed by atoms with van der Waals surface area (Å²) in [6.45, 7) is 2.45. The standard InChI is InChI=1S/C10H11Br2NO3/c1-7(5-11)6-16-10-3-2-8(12)4-9(10)13(14)15/h2-4,7H,5-6H2,1H3. The van der Waals surface area contributed by atoms with E-state index >= 15 is 0 Å². The minimum atomic E-state index is -0.446. The molecular formula is C10H11Br2NO3. The molecule has 1 aromatic rings. The van der Waals surface area contributed by atoms with E-state index in [1.807, 2.05) is 6.92 Å². The first-order chi connectivity index (χ1) is 7.54. The Hall–Kier alpha value is -0.620. The molecule has 1 unspecified atom stereocenters. The Balaban J connectivity index is 2.82. The summed E-state index contributed by atoms with van der Waals surface area (Å²) < 4.78 is 6.08. The third kappa shape index (κ3) is 3.75. The van der Waals surface area contributed by atoms with Gasteiger partial charge >= 0.3 is 5.69 Å². The maximum absolute atomic E-state index is 10.8. The highest BCUT2D eigenvalue weighted by molar-refractivity contribution is 9.10. The second kappa shape index (κ2) is 6.20. The Bertz CT molecular complexity index is 384. The van der Waals surface area contributed by atoms with Crippen molar-refractivity contribution in [1.29, 1.82) is 0 Å². The van der Waals surface area contributed by atoms with Crippen molar-refractivity contribution < 1.29 is 9.66 Å². The Morgan fingerprint density at radius 3 is 2.81 bits per heavy atom. The molecule has 0 aromatic heterocycles. The molecule has 0 aliphatic carbocycles. The number of hydrogen-bond donors (Lipinski definition) is 0. The van der Waals surface area contributed by atoms with Crippen molar-refractivity contribution in [3.05, 3.63) is 32.8 Å². The molecule has 88 valence electrons. The van der Waals surface area contributed by atoms with Gasteiger partial charge in [-0.2, -0.15) is 0 Å². The molecule has 1 rings (SSSR count). The van der Waals surface area contributed by atoms with E-state index in [9.17, 15) is 10.1 Å². The van der Waals surface area contributed by atoms with Crippen LogP contribution in [-0.4, -0.2) is 16.9 Å². The van der Waals surface area contributed by atoms with Crippen LogP contribution in [0, 0.1) is 16.0 Å². The molecule has 0 amide bonds.